The smallest absolute Gasteiger partial charge is 0.259 e. The monoisotopic (exact) mass is 317 g/mol. The molecule has 2 aromatic heterocycles. The van der Waals surface area contributed by atoms with Crippen LogP contribution in [0.2, 0.25) is 0 Å². The van der Waals surface area contributed by atoms with Crippen molar-refractivity contribution in [2.75, 3.05) is 26.3 Å². The second-order valence-corrected chi connectivity index (χ2v) is 6.18. The van der Waals surface area contributed by atoms with Crippen LogP contribution in [0.15, 0.2) is 10.6 Å². The van der Waals surface area contributed by atoms with Crippen LogP contribution in [0.5, 0.6) is 0 Å². The molecule has 0 aliphatic carbocycles. The van der Waals surface area contributed by atoms with E-state index >= 15 is 0 Å². The van der Waals surface area contributed by atoms with Crippen LogP contribution in [0.1, 0.15) is 54.9 Å². The van der Waals surface area contributed by atoms with Crippen molar-refractivity contribution in [3.63, 3.8) is 0 Å². The average molecular weight is 317 g/mol. The van der Waals surface area contributed by atoms with Gasteiger partial charge in [-0.1, -0.05) is 25.9 Å². The van der Waals surface area contributed by atoms with Crippen molar-refractivity contribution >= 4 is 17.0 Å². The Morgan fingerprint density at radius 3 is 2.91 bits per heavy atom. The maximum absolute atomic E-state index is 13.1. The molecule has 2 aromatic rings. The minimum Gasteiger partial charge on any atom is -0.380 e. The normalized spacial score (nSPS) is 16.1. The highest BCUT2D eigenvalue weighted by Crippen LogP contribution is 2.28. The van der Waals surface area contributed by atoms with E-state index in [2.05, 4.69) is 10.1 Å². The molecule has 0 bridgehead atoms. The Balaban J connectivity index is 2.09. The summed E-state index contributed by atoms with van der Waals surface area (Å²) in [6.45, 7) is 8.72. The fourth-order valence-electron chi connectivity index (χ4n) is 2.89. The number of fused-ring (bicyclic) bond motifs is 1. The van der Waals surface area contributed by atoms with E-state index in [1.54, 1.807) is 0 Å². The number of hydrogen-bond acceptors (Lipinski definition) is 5. The van der Waals surface area contributed by atoms with E-state index in [0.29, 0.717) is 37.6 Å². The van der Waals surface area contributed by atoms with Gasteiger partial charge < -0.3 is 14.2 Å². The molecule has 3 heterocycles. The van der Waals surface area contributed by atoms with Crippen molar-refractivity contribution in [1.29, 1.82) is 0 Å². The highest BCUT2D eigenvalue weighted by atomic mass is 16.5. The lowest BCUT2D eigenvalue weighted by Crippen LogP contribution is -2.33. The molecule has 0 saturated carbocycles. The number of nitrogens with zero attached hydrogens (tertiary/aromatic N) is 3. The van der Waals surface area contributed by atoms with E-state index in [0.717, 1.165) is 29.6 Å². The van der Waals surface area contributed by atoms with Gasteiger partial charge >= 0.3 is 0 Å². The van der Waals surface area contributed by atoms with Gasteiger partial charge in [-0.2, -0.15) is 0 Å². The third kappa shape index (κ3) is 3.08. The Morgan fingerprint density at radius 1 is 1.35 bits per heavy atom. The third-order valence-electron chi connectivity index (χ3n) is 4.17. The molecule has 0 spiro atoms. The largest absolute Gasteiger partial charge is 0.380 e. The lowest BCUT2D eigenvalue weighted by atomic mass is 10.0. The molecule has 0 atom stereocenters. The maximum atomic E-state index is 13.1. The Morgan fingerprint density at radius 2 is 2.17 bits per heavy atom. The van der Waals surface area contributed by atoms with Gasteiger partial charge in [0.25, 0.3) is 11.6 Å². The highest BCUT2D eigenvalue weighted by molar-refractivity contribution is 6.06. The molecule has 3 rings (SSSR count). The Labute approximate surface area is 135 Å². The number of carbonyl (C=O) groups is 1. The van der Waals surface area contributed by atoms with Crippen molar-refractivity contribution in [1.82, 2.24) is 15.0 Å². The molecule has 6 heteroatoms. The van der Waals surface area contributed by atoms with E-state index in [1.165, 1.54) is 0 Å². The lowest BCUT2D eigenvalue weighted by Gasteiger charge is -2.20. The van der Waals surface area contributed by atoms with Crippen molar-refractivity contribution < 1.29 is 14.1 Å². The SMILES string of the molecule is CCc1cc(C(=O)N2CCCOCC2)c2c(C(C)C)noc2n1. The summed E-state index contributed by atoms with van der Waals surface area (Å²) < 4.78 is 10.9. The summed E-state index contributed by atoms with van der Waals surface area (Å²) in [7, 11) is 0. The number of ether oxygens (including phenoxy) is 1. The number of aromatic nitrogens is 2. The van der Waals surface area contributed by atoms with Crippen molar-refractivity contribution in [3.05, 3.63) is 23.0 Å². The van der Waals surface area contributed by atoms with Crippen LogP contribution >= 0.6 is 0 Å². The summed E-state index contributed by atoms with van der Waals surface area (Å²) in [6, 6.07) is 1.89. The van der Waals surface area contributed by atoms with Crippen LogP contribution in [0.4, 0.5) is 0 Å². The van der Waals surface area contributed by atoms with Crippen molar-refractivity contribution in [2.45, 2.75) is 39.5 Å². The maximum Gasteiger partial charge on any atom is 0.259 e. The number of hydrogen-bond donors (Lipinski definition) is 0. The molecule has 1 amide bonds. The van der Waals surface area contributed by atoms with Gasteiger partial charge in [-0.05, 0) is 24.8 Å². The van der Waals surface area contributed by atoms with Crippen LogP contribution in [-0.4, -0.2) is 47.3 Å². The predicted molar refractivity (Wildman–Crippen MR) is 86.6 cm³/mol. The summed E-state index contributed by atoms with van der Waals surface area (Å²) in [5.74, 6) is 0.187. The fraction of sp³-hybridized carbons (Fsp3) is 0.588. The van der Waals surface area contributed by atoms with Gasteiger partial charge in [-0.15, -0.1) is 0 Å². The van der Waals surface area contributed by atoms with E-state index in [9.17, 15) is 4.79 Å². The number of rotatable bonds is 3. The molecule has 0 radical (unpaired) electrons. The van der Waals surface area contributed by atoms with E-state index in [1.807, 2.05) is 31.7 Å². The van der Waals surface area contributed by atoms with E-state index < -0.39 is 0 Å². The second-order valence-electron chi connectivity index (χ2n) is 6.18. The van der Waals surface area contributed by atoms with Crippen LogP contribution in [-0.2, 0) is 11.2 Å². The van der Waals surface area contributed by atoms with Crippen LogP contribution in [0.25, 0.3) is 11.1 Å². The zero-order chi connectivity index (χ0) is 16.4. The van der Waals surface area contributed by atoms with Crippen LogP contribution in [0, 0.1) is 0 Å². The number of pyridine rings is 1. The molecular formula is C17H23N3O3. The summed E-state index contributed by atoms with van der Waals surface area (Å²) in [5, 5.41) is 4.90. The standard InChI is InChI=1S/C17H23N3O3/c1-4-12-10-13(17(21)20-6-5-8-22-9-7-20)14-15(11(2)3)19-23-16(14)18-12/h10-11H,4-9H2,1-3H3. The molecule has 23 heavy (non-hydrogen) atoms. The molecule has 1 aliphatic heterocycles. The van der Waals surface area contributed by atoms with Gasteiger partial charge in [0.2, 0.25) is 0 Å². The first kappa shape index (κ1) is 15.9. The molecule has 0 N–H and O–H groups in total. The molecule has 1 saturated heterocycles. The summed E-state index contributed by atoms with van der Waals surface area (Å²) in [6.07, 6.45) is 1.61. The Bertz CT molecular complexity index is 700. The van der Waals surface area contributed by atoms with Gasteiger partial charge in [0.05, 0.1) is 23.3 Å². The summed E-state index contributed by atoms with van der Waals surface area (Å²) in [5.41, 5.74) is 2.75. The summed E-state index contributed by atoms with van der Waals surface area (Å²) >= 11 is 0. The Kier molecular flexibility index (Phi) is 4.61. The van der Waals surface area contributed by atoms with E-state index in [4.69, 9.17) is 9.26 Å². The van der Waals surface area contributed by atoms with Crippen LogP contribution in [0.3, 0.4) is 0 Å². The van der Waals surface area contributed by atoms with E-state index in [-0.39, 0.29) is 11.8 Å². The molecule has 1 fully saturated rings. The summed E-state index contributed by atoms with van der Waals surface area (Å²) in [4.78, 5) is 19.4. The lowest BCUT2D eigenvalue weighted by molar-refractivity contribution is 0.0743. The molecule has 1 aliphatic rings. The van der Waals surface area contributed by atoms with Crippen molar-refractivity contribution in [2.24, 2.45) is 0 Å². The second kappa shape index (κ2) is 6.66. The van der Waals surface area contributed by atoms with Crippen LogP contribution < -0.4 is 0 Å². The molecule has 124 valence electrons. The van der Waals surface area contributed by atoms with Gasteiger partial charge in [-0.3, -0.25) is 4.79 Å². The highest BCUT2D eigenvalue weighted by Gasteiger charge is 2.25. The van der Waals surface area contributed by atoms with Gasteiger partial charge in [0.1, 0.15) is 0 Å². The molecule has 0 aromatic carbocycles. The zero-order valence-electron chi connectivity index (χ0n) is 14.0. The quantitative estimate of drug-likeness (QED) is 0.870. The molecule has 6 nitrogen and oxygen atoms in total. The van der Waals surface area contributed by atoms with Crippen molar-refractivity contribution in [3.8, 4) is 0 Å². The minimum atomic E-state index is 0.0164. The number of carbonyl (C=O) groups excluding carboxylic acids is 1. The van der Waals surface area contributed by atoms with Gasteiger partial charge in [0, 0.05) is 25.4 Å². The fourth-order valence-corrected chi connectivity index (χ4v) is 2.89. The zero-order valence-corrected chi connectivity index (χ0v) is 14.0. The first-order valence-electron chi connectivity index (χ1n) is 8.28. The Hall–Kier alpha value is -1.95. The molecule has 0 unspecified atom stereocenters. The first-order valence-corrected chi connectivity index (χ1v) is 8.28. The topological polar surface area (TPSA) is 68.5 Å². The molecular weight excluding hydrogens is 294 g/mol. The minimum absolute atomic E-state index is 0.0164. The van der Waals surface area contributed by atoms with Gasteiger partial charge in [0.15, 0.2) is 0 Å². The average Bonchev–Trinajstić information content (AvgIpc) is 2.79. The first-order chi connectivity index (χ1) is 11.1. The third-order valence-corrected chi connectivity index (χ3v) is 4.17. The predicted octanol–water partition coefficient (Wildman–Crippen LogP) is 2.77. The number of amides is 1. The number of aryl methyl sites for hydroxylation is 1. The van der Waals surface area contributed by atoms with Gasteiger partial charge in [-0.25, -0.2) is 4.98 Å².